The first-order chi connectivity index (χ1) is 16.7. The van der Waals surface area contributed by atoms with Crippen molar-refractivity contribution in [2.45, 2.75) is 53.1 Å². The van der Waals surface area contributed by atoms with E-state index >= 15 is 4.57 Å². The maximum Gasteiger partial charge on any atom is 0.355 e. The lowest BCUT2D eigenvalue weighted by Gasteiger charge is -2.39. The molecule has 2 aromatic carbocycles. The summed E-state index contributed by atoms with van der Waals surface area (Å²) in [6, 6.07) is 14.7. The molecule has 7 heteroatoms. The number of hydrogen-bond acceptors (Lipinski definition) is 4. The van der Waals surface area contributed by atoms with Crippen LogP contribution in [-0.2, 0) is 20.9 Å². The molecule has 5 nitrogen and oxygen atoms in total. The Morgan fingerprint density at radius 3 is 2.54 bits per heavy atom. The van der Waals surface area contributed by atoms with Gasteiger partial charge in [-0.25, -0.2) is 4.79 Å². The molecule has 0 bridgehead atoms. The normalized spacial score (nSPS) is 22.3. The molecule has 0 saturated heterocycles. The van der Waals surface area contributed by atoms with Crippen LogP contribution < -0.4 is 10.6 Å². The monoisotopic (exact) mass is 515 g/mol. The van der Waals surface area contributed by atoms with E-state index in [4.69, 9.17) is 20.9 Å². The van der Waals surface area contributed by atoms with Crippen molar-refractivity contribution in [1.82, 2.24) is 4.57 Å². The number of rotatable bonds is 7. The fourth-order valence-electron chi connectivity index (χ4n) is 5.42. The summed E-state index contributed by atoms with van der Waals surface area (Å²) in [6.07, 6.45) is 2.81. The molecule has 0 spiro atoms. The second-order valence-electron chi connectivity index (χ2n) is 10.00. The average molecular weight is 516 g/mol. The van der Waals surface area contributed by atoms with Gasteiger partial charge in [-0.3, -0.25) is 4.57 Å². The number of benzene rings is 2. The van der Waals surface area contributed by atoms with Crippen LogP contribution in [0.2, 0.25) is 5.02 Å². The molecule has 35 heavy (non-hydrogen) atoms. The second-order valence-corrected chi connectivity index (χ2v) is 12.7. The summed E-state index contributed by atoms with van der Waals surface area (Å²) in [6.45, 7) is 8.61. The van der Waals surface area contributed by atoms with Crippen molar-refractivity contribution in [3.63, 3.8) is 0 Å². The Balaban J connectivity index is 2.00. The molecule has 0 N–H and O–H groups in total. The summed E-state index contributed by atoms with van der Waals surface area (Å²) < 4.78 is 29.3. The topological polar surface area (TPSA) is 57.5 Å². The zero-order valence-corrected chi connectivity index (χ0v) is 22.8. The highest BCUT2D eigenvalue weighted by molar-refractivity contribution is 7.75. The van der Waals surface area contributed by atoms with Crippen molar-refractivity contribution < 1.29 is 18.6 Å². The maximum absolute atomic E-state index is 15.3. The smallest absolute Gasteiger partial charge is 0.355 e. The predicted octanol–water partition coefficient (Wildman–Crippen LogP) is 6.71. The van der Waals surface area contributed by atoms with Crippen LogP contribution in [0, 0.1) is 17.8 Å². The highest BCUT2D eigenvalue weighted by Gasteiger charge is 2.43. The highest BCUT2D eigenvalue weighted by atomic mass is 35.5. The van der Waals surface area contributed by atoms with E-state index in [1.54, 1.807) is 30.7 Å². The van der Waals surface area contributed by atoms with Gasteiger partial charge in [0.25, 0.3) is 7.37 Å². The van der Waals surface area contributed by atoms with Gasteiger partial charge in [-0.2, -0.15) is 0 Å². The van der Waals surface area contributed by atoms with Crippen LogP contribution >= 0.6 is 19.0 Å². The fourth-order valence-corrected chi connectivity index (χ4v) is 8.28. The number of aryl methyl sites for hydroxylation is 1. The van der Waals surface area contributed by atoms with Gasteiger partial charge in [-0.15, -0.1) is 0 Å². The molecule has 1 fully saturated rings. The molecule has 0 radical (unpaired) electrons. The fraction of sp³-hybridized carbons (Fsp3) is 0.464. The van der Waals surface area contributed by atoms with Crippen molar-refractivity contribution in [3.05, 3.63) is 59.2 Å². The van der Waals surface area contributed by atoms with Gasteiger partial charge in [-0.1, -0.05) is 57.0 Å². The highest BCUT2D eigenvalue weighted by Crippen LogP contribution is 2.53. The summed E-state index contributed by atoms with van der Waals surface area (Å²) in [5.74, 6) is 0.635. The van der Waals surface area contributed by atoms with Gasteiger partial charge in [0.2, 0.25) is 0 Å². The number of esters is 1. The quantitative estimate of drug-likeness (QED) is 0.259. The SMILES string of the molecule is CCOC(=O)c1c(P(=O)(O[C@@H]2C[C@@H](C)CC[C@H]2C(C)C)c2ccccc2)c2cc(Cl)ccc2n1C. The summed E-state index contributed by atoms with van der Waals surface area (Å²) in [5.41, 5.74) is 1.01. The first kappa shape index (κ1) is 26.0. The van der Waals surface area contributed by atoms with E-state index in [1.807, 2.05) is 36.4 Å². The molecule has 188 valence electrons. The molecular formula is C28H35ClNO4P. The molecule has 3 aromatic rings. The summed E-state index contributed by atoms with van der Waals surface area (Å²) in [7, 11) is -1.94. The molecule has 1 aliphatic rings. The Morgan fingerprint density at radius 2 is 1.89 bits per heavy atom. The summed E-state index contributed by atoms with van der Waals surface area (Å²) in [4.78, 5) is 13.3. The van der Waals surface area contributed by atoms with Crippen molar-refractivity contribution in [2.75, 3.05) is 6.61 Å². The number of carbonyl (C=O) groups excluding carboxylic acids is 1. The van der Waals surface area contributed by atoms with Gasteiger partial charge < -0.3 is 13.8 Å². The molecular weight excluding hydrogens is 481 g/mol. The van der Waals surface area contributed by atoms with E-state index in [0.717, 1.165) is 24.8 Å². The number of fused-ring (bicyclic) bond motifs is 1. The maximum atomic E-state index is 15.3. The summed E-state index contributed by atoms with van der Waals surface area (Å²) in [5, 5.41) is 2.10. The zero-order chi connectivity index (χ0) is 25.3. The Kier molecular flexibility index (Phi) is 7.80. The summed E-state index contributed by atoms with van der Waals surface area (Å²) >= 11 is 6.41. The number of hydrogen-bond donors (Lipinski definition) is 0. The Morgan fingerprint density at radius 1 is 1.17 bits per heavy atom. The molecule has 4 atom stereocenters. The number of nitrogens with zero attached hydrogens (tertiary/aromatic N) is 1. The third-order valence-corrected chi connectivity index (χ3v) is 10.1. The van der Waals surface area contributed by atoms with E-state index in [1.165, 1.54) is 0 Å². The van der Waals surface area contributed by atoms with Gasteiger partial charge in [0.05, 0.1) is 18.0 Å². The van der Waals surface area contributed by atoms with Crippen LogP contribution in [-0.4, -0.2) is 23.2 Å². The van der Waals surface area contributed by atoms with E-state index < -0.39 is 13.3 Å². The Hall–Kier alpha value is -2.07. The van der Waals surface area contributed by atoms with E-state index in [2.05, 4.69) is 20.8 Å². The Bertz CT molecular complexity index is 1250. The lowest BCUT2D eigenvalue weighted by molar-refractivity contribution is 0.0495. The molecule has 1 unspecified atom stereocenters. The van der Waals surface area contributed by atoms with Crippen molar-refractivity contribution >= 4 is 46.5 Å². The van der Waals surface area contributed by atoms with Crippen LogP contribution in [0.4, 0.5) is 0 Å². The van der Waals surface area contributed by atoms with Crippen molar-refractivity contribution in [1.29, 1.82) is 0 Å². The zero-order valence-electron chi connectivity index (χ0n) is 21.2. The number of aromatic nitrogens is 1. The van der Waals surface area contributed by atoms with E-state index in [9.17, 15) is 4.79 Å². The Labute approximate surface area is 213 Å². The van der Waals surface area contributed by atoms with Crippen LogP contribution in [0.1, 0.15) is 57.4 Å². The molecule has 0 amide bonds. The first-order valence-corrected chi connectivity index (χ1v) is 14.5. The molecule has 0 aliphatic heterocycles. The predicted molar refractivity (Wildman–Crippen MR) is 143 cm³/mol. The third kappa shape index (κ3) is 4.96. The lowest BCUT2D eigenvalue weighted by Crippen LogP contribution is -2.36. The van der Waals surface area contributed by atoms with Crippen LogP contribution in [0.5, 0.6) is 0 Å². The number of carbonyl (C=O) groups is 1. The van der Waals surface area contributed by atoms with Gasteiger partial charge in [0, 0.05) is 28.3 Å². The van der Waals surface area contributed by atoms with Crippen LogP contribution in [0.25, 0.3) is 10.9 Å². The van der Waals surface area contributed by atoms with Gasteiger partial charge in [-0.05, 0) is 67.9 Å². The first-order valence-electron chi connectivity index (χ1n) is 12.5. The molecule has 1 saturated carbocycles. The van der Waals surface area contributed by atoms with E-state index in [-0.39, 0.29) is 24.3 Å². The molecule has 1 heterocycles. The molecule has 1 aromatic heterocycles. The van der Waals surface area contributed by atoms with Crippen molar-refractivity contribution in [3.8, 4) is 0 Å². The number of halogens is 1. The largest absolute Gasteiger partial charge is 0.461 e. The standard InChI is InChI=1S/C28H35ClNO4P/c1-6-33-28(31)26-27(23-17-20(29)13-15-24(23)30(26)5)35(32,21-10-8-7-9-11-21)34-25-16-19(4)12-14-22(25)18(2)3/h7-11,13,15,17-19,22,25H,6,12,14,16H2,1-5H3/t19-,22-,25+,35?/m0/s1. The van der Waals surface area contributed by atoms with Crippen LogP contribution in [0.15, 0.2) is 48.5 Å². The lowest BCUT2D eigenvalue weighted by atomic mass is 9.75. The molecule has 1 aliphatic carbocycles. The van der Waals surface area contributed by atoms with Crippen molar-refractivity contribution in [2.24, 2.45) is 24.8 Å². The van der Waals surface area contributed by atoms with Gasteiger partial charge >= 0.3 is 5.97 Å². The number of ether oxygens (including phenoxy) is 1. The van der Waals surface area contributed by atoms with Crippen LogP contribution in [0.3, 0.4) is 0 Å². The minimum absolute atomic E-state index is 0.186. The van der Waals surface area contributed by atoms with Gasteiger partial charge in [0.15, 0.2) is 0 Å². The average Bonchev–Trinajstić information content (AvgIpc) is 3.11. The third-order valence-electron chi connectivity index (χ3n) is 7.24. The van der Waals surface area contributed by atoms with E-state index in [0.29, 0.717) is 32.9 Å². The molecule has 4 rings (SSSR count). The van der Waals surface area contributed by atoms with Gasteiger partial charge in [0.1, 0.15) is 5.69 Å². The second kappa shape index (κ2) is 10.5. The minimum Gasteiger partial charge on any atom is -0.461 e. The minimum atomic E-state index is -3.74.